The van der Waals surface area contributed by atoms with Gasteiger partial charge in [0.25, 0.3) is 5.91 Å². The predicted molar refractivity (Wildman–Crippen MR) is 81.4 cm³/mol. The van der Waals surface area contributed by atoms with E-state index in [1.807, 2.05) is 30.3 Å². The Morgan fingerprint density at radius 1 is 1.10 bits per heavy atom. The standard InChI is InChI=1S/C17H19NO3/c1-18(2)17(20)14-8-10-15(11-9-14)21-12-16(19)13-6-4-3-5-7-13/h3-11,16,19H,12H2,1-2H3/t16-/m1/s1. The van der Waals surface area contributed by atoms with Crippen LogP contribution in [-0.4, -0.2) is 36.6 Å². The number of ether oxygens (including phenoxy) is 1. The molecule has 0 bridgehead atoms. The number of hydrogen-bond donors (Lipinski definition) is 1. The van der Waals surface area contributed by atoms with E-state index >= 15 is 0 Å². The van der Waals surface area contributed by atoms with E-state index in [-0.39, 0.29) is 12.5 Å². The maximum absolute atomic E-state index is 11.8. The Bertz CT molecular complexity index is 579. The Balaban J connectivity index is 1.94. The lowest BCUT2D eigenvalue weighted by Crippen LogP contribution is -2.21. The van der Waals surface area contributed by atoms with Gasteiger partial charge in [-0.05, 0) is 29.8 Å². The number of benzene rings is 2. The Kier molecular flexibility index (Phi) is 4.95. The fourth-order valence-corrected chi connectivity index (χ4v) is 1.90. The largest absolute Gasteiger partial charge is 0.491 e. The van der Waals surface area contributed by atoms with Crippen molar-refractivity contribution in [1.82, 2.24) is 4.90 Å². The fourth-order valence-electron chi connectivity index (χ4n) is 1.90. The van der Waals surface area contributed by atoms with Crippen LogP contribution in [0, 0.1) is 0 Å². The Labute approximate surface area is 124 Å². The summed E-state index contributed by atoms with van der Waals surface area (Å²) in [5.74, 6) is 0.575. The van der Waals surface area contributed by atoms with Crippen LogP contribution in [0.1, 0.15) is 22.0 Å². The highest BCUT2D eigenvalue weighted by Crippen LogP contribution is 2.17. The molecule has 0 aromatic heterocycles. The average Bonchev–Trinajstić information content (AvgIpc) is 2.53. The maximum atomic E-state index is 11.8. The van der Waals surface area contributed by atoms with Crippen molar-refractivity contribution in [2.75, 3.05) is 20.7 Å². The molecule has 0 spiro atoms. The van der Waals surface area contributed by atoms with Gasteiger partial charge in [0.15, 0.2) is 0 Å². The van der Waals surface area contributed by atoms with Crippen LogP contribution in [0.25, 0.3) is 0 Å². The highest BCUT2D eigenvalue weighted by Gasteiger charge is 2.09. The van der Waals surface area contributed by atoms with Gasteiger partial charge in [0.05, 0.1) is 0 Å². The predicted octanol–water partition coefficient (Wildman–Crippen LogP) is 2.50. The number of amides is 1. The summed E-state index contributed by atoms with van der Waals surface area (Å²) in [5.41, 5.74) is 1.42. The Morgan fingerprint density at radius 3 is 2.29 bits per heavy atom. The number of carbonyl (C=O) groups excluding carboxylic acids is 1. The molecule has 4 heteroatoms. The van der Waals surface area contributed by atoms with E-state index in [1.165, 1.54) is 4.90 Å². The monoisotopic (exact) mass is 285 g/mol. The summed E-state index contributed by atoms with van der Waals surface area (Å²) in [6.45, 7) is 0.172. The maximum Gasteiger partial charge on any atom is 0.253 e. The molecule has 0 aliphatic carbocycles. The SMILES string of the molecule is CN(C)C(=O)c1ccc(OC[C@@H](O)c2ccccc2)cc1. The molecule has 4 nitrogen and oxygen atoms in total. The Hall–Kier alpha value is -2.33. The minimum Gasteiger partial charge on any atom is -0.491 e. The first-order valence-electron chi connectivity index (χ1n) is 6.75. The second-order valence-corrected chi connectivity index (χ2v) is 4.96. The summed E-state index contributed by atoms with van der Waals surface area (Å²) in [6, 6.07) is 16.2. The fraction of sp³-hybridized carbons (Fsp3) is 0.235. The van der Waals surface area contributed by atoms with Crippen molar-refractivity contribution >= 4 is 5.91 Å². The van der Waals surface area contributed by atoms with Gasteiger partial charge in [-0.1, -0.05) is 30.3 Å². The van der Waals surface area contributed by atoms with Gasteiger partial charge in [-0.3, -0.25) is 4.79 Å². The molecule has 0 radical (unpaired) electrons. The van der Waals surface area contributed by atoms with Gasteiger partial charge >= 0.3 is 0 Å². The average molecular weight is 285 g/mol. The van der Waals surface area contributed by atoms with Crippen LogP contribution in [-0.2, 0) is 0 Å². The van der Waals surface area contributed by atoms with Crippen molar-refractivity contribution in [3.05, 3.63) is 65.7 Å². The summed E-state index contributed by atoms with van der Waals surface area (Å²) >= 11 is 0. The zero-order chi connectivity index (χ0) is 15.2. The quantitative estimate of drug-likeness (QED) is 0.918. The lowest BCUT2D eigenvalue weighted by molar-refractivity contribution is 0.0827. The molecular formula is C17H19NO3. The molecular weight excluding hydrogens is 266 g/mol. The van der Waals surface area contributed by atoms with Crippen LogP contribution in [0.3, 0.4) is 0 Å². The zero-order valence-corrected chi connectivity index (χ0v) is 12.2. The molecule has 0 fully saturated rings. The van der Waals surface area contributed by atoms with Crippen molar-refractivity contribution in [3.63, 3.8) is 0 Å². The van der Waals surface area contributed by atoms with Gasteiger partial charge < -0.3 is 14.7 Å². The molecule has 1 amide bonds. The molecule has 0 saturated carbocycles. The van der Waals surface area contributed by atoms with Crippen molar-refractivity contribution in [2.24, 2.45) is 0 Å². The molecule has 0 unspecified atom stereocenters. The van der Waals surface area contributed by atoms with Gasteiger partial charge in [0.1, 0.15) is 18.5 Å². The smallest absolute Gasteiger partial charge is 0.253 e. The van der Waals surface area contributed by atoms with Gasteiger partial charge in [-0.2, -0.15) is 0 Å². The molecule has 1 N–H and O–H groups in total. The normalized spacial score (nSPS) is 11.8. The van der Waals surface area contributed by atoms with Crippen molar-refractivity contribution in [1.29, 1.82) is 0 Å². The minimum atomic E-state index is -0.672. The number of rotatable bonds is 5. The van der Waals surface area contributed by atoms with Gasteiger partial charge in [-0.25, -0.2) is 0 Å². The molecule has 0 saturated heterocycles. The highest BCUT2D eigenvalue weighted by molar-refractivity contribution is 5.93. The lowest BCUT2D eigenvalue weighted by Gasteiger charge is -2.13. The molecule has 110 valence electrons. The minimum absolute atomic E-state index is 0.0501. The first-order valence-corrected chi connectivity index (χ1v) is 6.75. The third kappa shape index (κ3) is 4.07. The molecule has 2 rings (SSSR count). The van der Waals surface area contributed by atoms with E-state index in [4.69, 9.17) is 4.74 Å². The highest BCUT2D eigenvalue weighted by atomic mass is 16.5. The van der Waals surface area contributed by atoms with Crippen molar-refractivity contribution in [2.45, 2.75) is 6.10 Å². The Morgan fingerprint density at radius 2 is 1.71 bits per heavy atom. The van der Waals surface area contributed by atoms with E-state index in [2.05, 4.69) is 0 Å². The lowest BCUT2D eigenvalue weighted by atomic mass is 10.1. The van der Waals surface area contributed by atoms with E-state index in [9.17, 15) is 9.90 Å². The molecule has 0 heterocycles. The molecule has 2 aromatic carbocycles. The van der Waals surface area contributed by atoms with E-state index in [0.717, 1.165) is 5.56 Å². The number of aliphatic hydroxyl groups is 1. The second kappa shape index (κ2) is 6.90. The van der Waals surface area contributed by atoms with Crippen LogP contribution in [0.15, 0.2) is 54.6 Å². The number of nitrogens with zero attached hydrogens (tertiary/aromatic N) is 1. The molecule has 0 aliphatic heterocycles. The third-order valence-electron chi connectivity index (χ3n) is 3.10. The van der Waals surface area contributed by atoms with E-state index < -0.39 is 6.10 Å². The topological polar surface area (TPSA) is 49.8 Å². The number of aliphatic hydroxyl groups excluding tert-OH is 1. The first kappa shape index (κ1) is 15.1. The van der Waals surface area contributed by atoms with Gasteiger partial charge in [0.2, 0.25) is 0 Å². The number of carbonyl (C=O) groups is 1. The molecule has 21 heavy (non-hydrogen) atoms. The van der Waals surface area contributed by atoms with Crippen LogP contribution >= 0.6 is 0 Å². The second-order valence-electron chi connectivity index (χ2n) is 4.96. The van der Waals surface area contributed by atoms with E-state index in [0.29, 0.717) is 11.3 Å². The molecule has 2 aromatic rings. The van der Waals surface area contributed by atoms with Crippen LogP contribution in [0.5, 0.6) is 5.75 Å². The third-order valence-corrected chi connectivity index (χ3v) is 3.10. The van der Waals surface area contributed by atoms with E-state index in [1.54, 1.807) is 38.4 Å². The zero-order valence-electron chi connectivity index (χ0n) is 12.2. The molecule has 0 aliphatic rings. The van der Waals surface area contributed by atoms with Crippen molar-refractivity contribution < 1.29 is 14.6 Å². The number of hydrogen-bond acceptors (Lipinski definition) is 3. The summed E-state index contributed by atoms with van der Waals surface area (Å²) < 4.78 is 5.54. The van der Waals surface area contributed by atoms with Crippen LogP contribution in [0.4, 0.5) is 0 Å². The van der Waals surface area contributed by atoms with Gasteiger partial charge in [0, 0.05) is 19.7 Å². The van der Waals surface area contributed by atoms with Crippen molar-refractivity contribution in [3.8, 4) is 5.75 Å². The summed E-state index contributed by atoms with van der Waals surface area (Å²) in [7, 11) is 3.42. The summed E-state index contributed by atoms with van der Waals surface area (Å²) in [4.78, 5) is 13.3. The molecule has 1 atom stereocenters. The summed E-state index contributed by atoms with van der Waals surface area (Å²) in [5, 5.41) is 10.0. The summed E-state index contributed by atoms with van der Waals surface area (Å²) in [6.07, 6.45) is -0.672. The first-order chi connectivity index (χ1) is 10.1. The van der Waals surface area contributed by atoms with Crippen LogP contribution < -0.4 is 4.74 Å². The van der Waals surface area contributed by atoms with Crippen LogP contribution in [0.2, 0.25) is 0 Å². The van der Waals surface area contributed by atoms with Gasteiger partial charge in [-0.15, -0.1) is 0 Å².